The molecule has 1 aromatic carbocycles. The van der Waals surface area contributed by atoms with Gasteiger partial charge in [0.05, 0.1) is 5.69 Å². The van der Waals surface area contributed by atoms with Crippen LogP contribution >= 0.6 is 27.3 Å². The van der Waals surface area contributed by atoms with E-state index in [0.717, 1.165) is 34.6 Å². The smallest absolute Gasteiger partial charge is 0.123 e. The highest BCUT2D eigenvalue weighted by atomic mass is 79.9. The molecule has 0 radical (unpaired) electrons. The van der Waals surface area contributed by atoms with Crippen LogP contribution in [0.3, 0.4) is 0 Å². The van der Waals surface area contributed by atoms with Gasteiger partial charge in [-0.15, -0.1) is 11.3 Å². The van der Waals surface area contributed by atoms with Crippen molar-refractivity contribution in [3.05, 3.63) is 39.8 Å². The second-order valence-electron chi connectivity index (χ2n) is 3.55. The minimum atomic E-state index is 0.726. The molecule has 0 aliphatic rings. The summed E-state index contributed by atoms with van der Waals surface area (Å²) in [6.07, 6.45) is 1.97. The fourth-order valence-corrected chi connectivity index (χ4v) is 2.71. The van der Waals surface area contributed by atoms with Gasteiger partial charge < -0.3 is 5.73 Å². The molecule has 0 fully saturated rings. The Morgan fingerprint density at radius 2 is 2.25 bits per heavy atom. The Bertz CT molecular complexity index is 468. The predicted octanol–water partition coefficient (Wildman–Crippen LogP) is 3.46. The first-order chi connectivity index (χ1) is 7.79. The van der Waals surface area contributed by atoms with Crippen molar-refractivity contribution >= 4 is 27.3 Å². The van der Waals surface area contributed by atoms with Gasteiger partial charge in [-0.3, -0.25) is 0 Å². The summed E-state index contributed by atoms with van der Waals surface area (Å²) >= 11 is 5.16. The first-order valence-electron chi connectivity index (χ1n) is 5.20. The summed E-state index contributed by atoms with van der Waals surface area (Å²) in [5, 5.41) is 3.19. The van der Waals surface area contributed by atoms with Crippen LogP contribution in [0, 0.1) is 0 Å². The average Bonchev–Trinajstić information content (AvgIpc) is 2.75. The molecule has 4 heteroatoms. The van der Waals surface area contributed by atoms with E-state index in [-0.39, 0.29) is 0 Å². The van der Waals surface area contributed by atoms with Crippen molar-refractivity contribution < 1.29 is 0 Å². The van der Waals surface area contributed by atoms with Gasteiger partial charge in [0.15, 0.2) is 0 Å². The summed E-state index contributed by atoms with van der Waals surface area (Å²) in [5.41, 5.74) is 7.79. The van der Waals surface area contributed by atoms with E-state index >= 15 is 0 Å². The largest absolute Gasteiger partial charge is 0.330 e. The van der Waals surface area contributed by atoms with Crippen molar-refractivity contribution in [3.63, 3.8) is 0 Å². The normalized spacial score (nSPS) is 10.6. The van der Waals surface area contributed by atoms with Gasteiger partial charge >= 0.3 is 0 Å². The van der Waals surface area contributed by atoms with Gasteiger partial charge in [-0.05, 0) is 31.5 Å². The Morgan fingerprint density at radius 3 is 3.00 bits per heavy atom. The average molecular weight is 297 g/mol. The molecule has 1 aromatic heterocycles. The van der Waals surface area contributed by atoms with E-state index < -0.39 is 0 Å². The van der Waals surface area contributed by atoms with Crippen molar-refractivity contribution in [2.24, 2.45) is 5.73 Å². The standard InChI is InChI=1S/C12H13BrN2S/c13-10-4-1-3-9(7-10)12-15-11(8-16-12)5-2-6-14/h1,3-4,7-8H,2,5-6,14H2. The zero-order valence-corrected chi connectivity index (χ0v) is 11.2. The molecule has 0 atom stereocenters. The van der Waals surface area contributed by atoms with Crippen molar-refractivity contribution in [3.8, 4) is 10.6 Å². The summed E-state index contributed by atoms with van der Waals surface area (Å²) in [7, 11) is 0. The summed E-state index contributed by atoms with van der Waals surface area (Å²) in [4.78, 5) is 4.60. The number of hydrogen-bond acceptors (Lipinski definition) is 3. The number of aryl methyl sites for hydroxylation is 1. The van der Waals surface area contributed by atoms with Crippen LogP contribution in [0.2, 0.25) is 0 Å². The van der Waals surface area contributed by atoms with Crippen molar-refractivity contribution in [2.45, 2.75) is 12.8 Å². The number of halogens is 1. The first-order valence-corrected chi connectivity index (χ1v) is 6.87. The first kappa shape index (κ1) is 11.8. The number of nitrogens with zero attached hydrogens (tertiary/aromatic N) is 1. The van der Waals surface area contributed by atoms with Crippen LogP contribution in [-0.2, 0) is 6.42 Å². The Kier molecular flexibility index (Phi) is 4.09. The molecule has 0 bridgehead atoms. The number of aromatic nitrogens is 1. The molecule has 2 rings (SSSR count). The third kappa shape index (κ3) is 2.90. The Labute approximate surface area is 108 Å². The van der Waals surface area contributed by atoms with Crippen LogP contribution in [0.1, 0.15) is 12.1 Å². The Morgan fingerprint density at radius 1 is 1.38 bits per heavy atom. The lowest BCUT2D eigenvalue weighted by Gasteiger charge is -1.96. The molecule has 0 amide bonds. The molecule has 0 aliphatic carbocycles. The van der Waals surface area contributed by atoms with Crippen molar-refractivity contribution in [2.75, 3.05) is 6.54 Å². The molecular formula is C12H13BrN2S. The molecule has 0 saturated heterocycles. The van der Waals surface area contributed by atoms with Crippen LogP contribution in [0.15, 0.2) is 34.1 Å². The van der Waals surface area contributed by atoms with Crippen LogP contribution in [-0.4, -0.2) is 11.5 Å². The highest BCUT2D eigenvalue weighted by Crippen LogP contribution is 2.26. The second kappa shape index (κ2) is 5.57. The van der Waals surface area contributed by atoms with Crippen LogP contribution in [0.5, 0.6) is 0 Å². The summed E-state index contributed by atoms with van der Waals surface area (Å²) in [6, 6.07) is 8.22. The lowest BCUT2D eigenvalue weighted by atomic mass is 10.2. The maximum atomic E-state index is 5.48. The van der Waals surface area contributed by atoms with Crippen LogP contribution in [0.25, 0.3) is 10.6 Å². The van der Waals surface area contributed by atoms with Gasteiger partial charge in [0.2, 0.25) is 0 Å². The quantitative estimate of drug-likeness (QED) is 0.938. The van der Waals surface area contributed by atoms with E-state index in [1.807, 2.05) is 12.1 Å². The van der Waals surface area contributed by atoms with Gasteiger partial charge in [-0.25, -0.2) is 4.98 Å². The number of rotatable bonds is 4. The maximum Gasteiger partial charge on any atom is 0.123 e. The SMILES string of the molecule is NCCCc1csc(-c2cccc(Br)c2)n1. The highest BCUT2D eigenvalue weighted by molar-refractivity contribution is 9.10. The molecular weight excluding hydrogens is 284 g/mol. The lowest BCUT2D eigenvalue weighted by molar-refractivity contribution is 0.816. The summed E-state index contributed by atoms with van der Waals surface area (Å²) in [5.74, 6) is 0. The van der Waals surface area contributed by atoms with Gasteiger partial charge in [-0.1, -0.05) is 28.1 Å². The monoisotopic (exact) mass is 296 g/mol. The van der Waals surface area contributed by atoms with Crippen LogP contribution in [0.4, 0.5) is 0 Å². The molecule has 1 heterocycles. The molecule has 0 aliphatic heterocycles. The minimum Gasteiger partial charge on any atom is -0.330 e. The Balaban J connectivity index is 2.18. The Hall–Kier alpha value is -0.710. The van der Waals surface area contributed by atoms with Crippen LogP contribution < -0.4 is 5.73 Å². The lowest BCUT2D eigenvalue weighted by Crippen LogP contribution is -2.00. The highest BCUT2D eigenvalue weighted by Gasteiger charge is 2.04. The summed E-state index contributed by atoms with van der Waals surface area (Å²) < 4.78 is 1.09. The van der Waals surface area contributed by atoms with E-state index in [1.54, 1.807) is 11.3 Å². The molecule has 0 spiro atoms. The van der Waals surface area contributed by atoms with Crippen molar-refractivity contribution in [1.29, 1.82) is 0 Å². The van der Waals surface area contributed by atoms with Gasteiger partial charge in [0.1, 0.15) is 5.01 Å². The number of nitrogens with two attached hydrogens (primary N) is 1. The molecule has 16 heavy (non-hydrogen) atoms. The van der Waals surface area contributed by atoms with E-state index in [9.17, 15) is 0 Å². The van der Waals surface area contributed by atoms with E-state index in [0.29, 0.717) is 0 Å². The van der Waals surface area contributed by atoms with Crippen molar-refractivity contribution in [1.82, 2.24) is 4.98 Å². The third-order valence-electron chi connectivity index (χ3n) is 2.26. The fraction of sp³-hybridized carbons (Fsp3) is 0.250. The van der Waals surface area contributed by atoms with E-state index in [2.05, 4.69) is 38.4 Å². The minimum absolute atomic E-state index is 0.726. The number of benzene rings is 1. The zero-order chi connectivity index (χ0) is 11.4. The maximum absolute atomic E-state index is 5.48. The van der Waals surface area contributed by atoms with E-state index in [1.165, 1.54) is 5.56 Å². The topological polar surface area (TPSA) is 38.9 Å². The molecule has 0 unspecified atom stereocenters. The zero-order valence-electron chi connectivity index (χ0n) is 8.82. The van der Waals surface area contributed by atoms with Gasteiger partial charge in [0.25, 0.3) is 0 Å². The second-order valence-corrected chi connectivity index (χ2v) is 5.32. The number of hydrogen-bond donors (Lipinski definition) is 1. The number of thiazole rings is 1. The third-order valence-corrected chi connectivity index (χ3v) is 3.69. The van der Waals surface area contributed by atoms with Gasteiger partial charge in [0, 0.05) is 15.4 Å². The molecule has 2 nitrogen and oxygen atoms in total. The molecule has 2 aromatic rings. The summed E-state index contributed by atoms with van der Waals surface area (Å²) in [6.45, 7) is 0.726. The molecule has 0 saturated carbocycles. The van der Waals surface area contributed by atoms with E-state index in [4.69, 9.17) is 5.73 Å². The van der Waals surface area contributed by atoms with Gasteiger partial charge in [-0.2, -0.15) is 0 Å². The molecule has 84 valence electrons. The fourth-order valence-electron chi connectivity index (χ4n) is 1.46. The molecule has 2 N–H and O–H groups in total. The predicted molar refractivity (Wildman–Crippen MR) is 72.6 cm³/mol.